The van der Waals surface area contributed by atoms with Gasteiger partial charge >= 0.3 is 11.6 Å². The number of aromatic hydroxyl groups is 1. The van der Waals surface area contributed by atoms with Crippen molar-refractivity contribution < 1.29 is 24.6 Å². The van der Waals surface area contributed by atoms with Crippen molar-refractivity contribution >= 4 is 23.2 Å². The zero-order valence-corrected chi connectivity index (χ0v) is 16.5. The smallest absolute Gasteiger partial charge is 0.370 e. The van der Waals surface area contributed by atoms with Gasteiger partial charge in [-0.15, -0.1) is 0 Å². The number of para-hydroxylation sites is 1. The van der Waals surface area contributed by atoms with E-state index < -0.39 is 0 Å². The highest BCUT2D eigenvalue weighted by atomic mass is 16.8. The zero-order valence-electron chi connectivity index (χ0n) is 16.5. The van der Waals surface area contributed by atoms with Gasteiger partial charge in [0.15, 0.2) is 5.75 Å². The van der Waals surface area contributed by atoms with Gasteiger partial charge in [-0.2, -0.15) is 0 Å². The van der Waals surface area contributed by atoms with Crippen molar-refractivity contribution in [2.24, 2.45) is 0 Å². The van der Waals surface area contributed by atoms with Crippen molar-refractivity contribution in [3.8, 4) is 5.75 Å². The Morgan fingerprint density at radius 3 is 2.59 bits per heavy atom. The Morgan fingerprint density at radius 2 is 1.93 bits per heavy atom. The third-order valence-electron chi connectivity index (χ3n) is 4.47. The molecule has 0 saturated heterocycles. The van der Waals surface area contributed by atoms with E-state index in [9.17, 15) is 15.1 Å². The van der Waals surface area contributed by atoms with E-state index in [-0.39, 0.29) is 40.6 Å². The summed E-state index contributed by atoms with van der Waals surface area (Å²) in [5, 5.41) is 30.5. The topological polar surface area (TPSA) is 115 Å². The molecule has 0 aliphatic rings. The van der Waals surface area contributed by atoms with Gasteiger partial charge in [0.25, 0.3) is 5.91 Å². The average molecular weight is 398 g/mol. The van der Waals surface area contributed by atoms with Crippen LogP contribution in [-0.2, 0) is 0 Å². The fraction of sp³-hybridized carbons (Fsp3) is 0.250. The number of carbonyl (C=O) groups is 1. The summed E-state index contributed by atoms with van der Waals surface area (Å²) in [7, 11) is 3.19. The number of benzene rings is 2. The summed E-state index contributed by atoms with van der Waals surface area (Å²) in [5.74, 6) is -0.244. The SMILES string of the molecule is CC[C@@H](Nc1no[n+](O)c1Nc1cccc(C(=O)N(C)C)c1O)c1ccccc1. The minimum absolute atomic E-state index is 0.0721. The lowest BCUT2D eigenvalue weighted by atomic mass is 10.0. The van der Waals surface area contributed by atoms with Crippen LogP contribution >= 0.6 is 0 Å². The average Bonchev–Trinajstić information content (AvgIpc) is 3.07. The molecule has 0 bridgehead atoms. The Balaban J connectivity index is 1.89. The summed E-state index contributed by atoms with van der Waals surface area (Å²) in [6.45, 7) is 2.02. The van der Waals surface area contributed by atoms with Gasteiger partial charge in [0.2, 0.25) is 0 Å². The number of hydrogen-bond acceptors (Lipinski definition) is 7. The molecule has 29 heavy (non-hydrogen) atoms. The molecule has 9 heteroatoms. The van der Waals surface area contributed by atoms with Gasteiger partial charge in [-0.25, -0.2) is 0 Å². The second-order valence-corrected chi connectivity index (χ2v) is 6.69. The molecule has 3 rings (SSSR count). The highest BCUT2D eigenvalue weighted by molar-refractivity contribution is 5.98. The number of nitrogens with one attached hydrogen (secondary N) is 2. The Kier molecular flexibility index (Phi) is 5.87. The third-order valence-corrected chi connectivity index (χ3v) is 4.47. The molecule has 3 aromatic rings. The van der Waals surface area contributed by atoms with Crippen molar-refractivity contribution in [2.45, 2.75) is 19.4 Å². The van der Waals surface area contributed by atoms with Crippen LogP contribution < -0.4 is 15.5 Å². The summed E-state index contributed by atoms with van der Waals surface area (Å²) >= 11 is 0. The van der Waals surface area contributed by atoms with Crippen LogP contribution in [0.25, 0.3) is 0 Å². The molecular formula is C20H24N5O4+. The summed E-state index contributed by atoms with van der Waals surface area (Å²) in [6.07, 6.45) is 0.764. The van der Waals surface area contributed by atoms with Crippen LogP contribution in [0.3, 0.4) is 0 Å². The van der Waals surface area contributed by atoms with Crippen molar-refractivity contribution in [1.82, 2.24) is 10.1 Å². The quantitative estimate of drug-likeness (QED) is 0.357. The molecule has 9 nitrogen and oxygen atoms in total. The Morgan fingerprint density at radius 1 is 1.21 bits per heavy atom. The number of nitrogens with zero attached hydrogens (tertiary/aromatic N) is 3. The van der Waals surface area contributed by atoms with Gasteiger partial charge < -0.3 is 20.5 Å². The molecular weight excluding hydrogens is 374 g/mol. The molecule has 2 aromatic carbocycles. The van der Waals surface area contributed by atoms with E-state index in [0.29, 0.717) is 4.90 Å². The molecule has 0 aliphatic heterocycles. The third kappa shape index (κ3) is 4.23. The van der Waals surface area contributed by atoms with E-state index >= 15 is 0 Å². The van der Waals surface area contributed by atoms with Crippen LogP contribution in [0.2, 0.25) is 0 Å². The van der Waals surface area contributed by atoms with Crippen LogP contribution in [0.1, 0.15) is 35.3 Å². The van der Waals surface area contributed by atoms with Crippen LogP contribution in [-0.4, -0.2) is 40.4 Å². The van der Waals surface area contributed by atoms with Crippen LogP contribution in [0.5, 0.6) is 5.75 Å². The fourth-order valence-electron chi connectivity index (χ4n) is 2.91. The first kappa shape index (κ1) is 20.0. The van der Waals surface area contributed by atoms with Crippen molar-refractivity contribution in [2.75, 3.05) is 24.7 Å². The molecule has 1 atom stereocenters. The summed E-state index contributed by atoms with van der Waals surface area (Å²) in [6, 6.07) is 14.5. The normalized spacial score (nSPS) is 11.7. The lowest BCUT2D eigenvalue weighted by molar-refractivity contribution is -1.03. The van der Waals surface area contributed by atoms with Crippen molar-refractivity contribution in [3.05, 3.63) is 59.7 Å². The number of carbonyl (C=O) groups excluding carboxylic acids is 1. The molecule has 1 aromatic heterocycles. The maximum Gasteiger partial charge on any atom is 0.370 e. The van der Waals surface area contributed by atoms with E-state index in [4.69, 9.17) is 4.63 Å². The summed E-state index contributed by atoms with van der Waals surface area (Å²) < 4.78 is 4.85. The fourth-order valence-corrected chi connectivity index (χ4v) is 2.91. The maximum absolute atomic E-state index is 12.2. The number of phenolic OH excluding ortho intramolecular Hbond substituents is 1. The predicted molar refractivity (Wildman–Crippen MR) is 106 cm³/mol. The first-order valence-corrected chi connectivity index (χ1v) is 9.16. The van der Waals surface area contributed by atoms with Gasteiger partial charge in [-0.05, 0) is 24.1 Å². The molecule has 1 heterocycles. The largest absolute Gasteiger partial charge is 0.504 e. The molecule has 0 aliphatic carbocycles. The van der Waals surface area contributed by atoms with Gasteiger partial charge in [-0.1, -0.05) is 48.0 Å². The molecule has 0 fully saturated rings. The Labute approximate surface area is 168 Å². The molecule has 0 unspecified atom stereocenters. The first-order chi connectivity index (χ1) is 13.9. The Bertz CT molecular complexity index is 988. The van der Waals surface area contributed by atoms with E-state index in [2.05, 4.69) is 15.8 Å². The number of amides is 1. The van der Waals surface area contributed by atoms with Crippen LogP contribution in [0.15, 0.2) is 53.2 Å². The number of aromatic nitrogens is 2. The summed E-state index contributed by atoms with van der Waals surface area (Å²) in [5.41, 5.74) is 1.40. The van der Waals surface area contributed by atoms with Crippen molar-refractivity contribution in [1.29, 1.82) is 0 Å². The van der Waals surface area contributed by atoms with E-state index in [0.717, 1.165) is 12.0 Å². The van der Waals surface area contributed by atoms with E-state index in [1.807, 2.05) is 37.3 Å². The highest BCUT2D eigenvalue weighted by Crippen LogP contribution is 2.32. The second-order valence-electron chi connectivity index (χ2n) is 6.69. The minimum Gasteiger partial charge on any atom is -0.504 e. The zero-order chi connectivity index (χ0) is 21.0. The van der Waals surface area contributed by atoms with Crippen LogP contribution in [0.4, 0.5) is 17.3 Å². The molecule has 0 spiro atoms. The predicted octanol–water partition coefficient (Wildman–Crippen LogP) is 2.91. The van der Waals surface area contributed by atoms with Gasteiger partial charge in [0.1, 0.15) is 15.7 Å². The van der Waals surface area contributed by atoms with Crippen LogP contribution in [0, 0.1) is 0 Å². The summed E-state index contributed by atoms with van der Waals surface area (Å²) in [4.78, 5) is 14.1. The number of anilines is 3. The van der Waals surface area contributed by atoms with E-state index in [1.54, 1.807) is 26.2 Å². The monoisotopic (exact) mass is 398 g/mol. The molecule has 4 N–H and O–H groups in total. The molecule has 0 saturated carbocycles. The lowest BCUT2D eigenvalue weighted by Gasteiger charge is -2.15. The lowest BCUT2D eigenvalue weighted by Crippen LogP contribution is -2.30. The number of rotatable bonds is 7. The maximum atomic E-state index is 12.2. The molecule has 1 amide bonds. The molecule has 152 valence electrons. The Hall–Kier alpha value is -3.75. The van der Waals surface area contributed by atoms with Crippen molar-refractivity contribution in [3.63, 3.8) is 0 Å². The van der Waals surface area contributed by atoms with Gasteiger partial charge in [-0.3, -0.25) is 10.1 Å². The highest BCUT2D eigenvalue weighted by Gasteiger charge is 2.28. The minimum atomic E-state index is -0.346. The second kappa shape index (κ2) is 8.51. The molecule has 0 radical (unpaired) electrons. The number of hydrogen-bond donors (Lipinski definition) is 4. The standard InChI is InChI=1S/C20H23N5O4/c1-4-15(13-9-6-5-7-10-13)21-18-19(25(28)29-23-18)22-16-12-8-11-14(17(16)26)20(27)24(2)3/h5-12,15,28H,4H2,1-3H3,(H2,21,23,26,27)/p+1/t15-/m1/s1. The number of phenols is 1. The van der Waals surface area contributed by atoms with E-state index in [1.165, 1.54) is 11.0 Å². The van der Waals surface area contributed by atoms with Gasteiger partial charge in [0.05, 0.1) is 11.6 Å². The first-order valence-electron chi connectivity index (χ1n) is 9.16. The van der Waals surface area contributed by atoms with Gasteiger partial charge in [0, 0.05) is 14.1 Å².